The van der Waals surface area contributed by atoms with Crippen LogP contribution in [0, 0.1) is 0 Å². The van der Waals surface area contributed by atoms with Gasteiger partial charge in [0, 0.05) is 6.61 Å². The highest BCUT2D eigenvalue weighted by molar-refractivity contribution is 4.81. The van der Waals surface area contributed by atoms with Gasteiger partial charge in [-0.15, -0.1) is 5.73 Å². The predicted molar refractivity (Wildman–Crippen MR) is 39.3 cm³/mol. The molecule has 0 amide bonds. The molecule has 0 aromatic rings. The Balaban J connectivity index is 3.00. The molecular weight excluding hydrogens is 112 g/mol. The number of rotatable bonds is 4. The summed E-state index contributed by atoms with van der Waals surface area (Å²) in [7, 11) is 0. The van der Waals surface area contributed by atoms with Gasteiger partial charge in [0.25, 0.3) is 0 Å². The molecule has 0 aliphatic carbocycles. The van der Waals surface area contributed by atoms with Crippen LogP contribution in [-0.4, -0.2) is 11.7 Å². The second-order valence-corrected chi connectivity index (χ2v) is 1.88. The molecule has 1 N–H and O–H groups in total. The standard InChI is InChI=1S/C8H14O/c1-2-3-4-5-6-7-8-9/h2,4,9H,5-8H2,1H3. The quantitative estimate of drug-likeness (QED) is 0.450. The molecule has 0 unspecified atom stereocenters. The molecule has 0 atom stereocenters. The van der Waals surface area contributed by atoms with E-state index in [2.05, 4.69) is 5.73 Å². The predicted octanol–water partition coefficient (Wildman–Crippen LogP) is 1.88. The molecule has 1 heteroatoms. The van der Waals surface area contributed by atoms with Crippen molar-refractivity contribution in [2.24, 2.45) is 0 Å². The first-order chi connectivity index (χ1) is 4.41. The van der Waals surface area contributed by atoms with Crippen LogP contribution in [0.15, 0.2) is 17.9 Å². The Morgan fingerprint density at radius 2 is 2.22 bits per heavy atom. The minimum absolute atomic E-state index is 0.309. The summed E-state index contributed by atoms with van der Waals surface area (Å²) in [4.78, 5) is 0. The fourth-order valence-electron chi connectivity index (χ4n) is 0.559. The first-order valence-corrected chi connectivity index (χ1v) is 3.38. The molecule has 0 spiro atoms. The van der Waals surface area contributed by atoms with E-state index in [0.29, 0.717) is 6.61 Å². The van der Waals surface area contributed by atoms with Crippen LogP contribution in [0.2, 0.25) is 0 Å². The van der Waals surface area contributed by atoms with E-state index in [1.807, 2.05) is 19.1 Å². The van der Waals surface area contributed by atoms with Crippen molar-refractivity contribution in [3.05, 3.63) is 17.9 Å². The zero-order valence-electron chi connectivity index (χ0n) is 5.93. The van der Waals surface area contributed by atoms with Crippen LogP contribution in [0.3, 0.4) is 0 Å². The summed E-state index contributed by atoms with van der Waals surface area (Å²) in [5.41, 5.74) is 2.98. The van der Waals surface area contributed by atoms with Gasteiger partial charge in [-0.3, -0.25) is 0 Å². The van der Waals surface area contributed by atoms with Crippen molar-refractivity contribution in [1.82, 2.24) is 0 Å². The van der Waals surface area contributed by atoms with E-state index in [-0.39, 0.29) is 0 Å². The van der Waals surface area contributed by atoms with Gasteiger partial charge in [-0.05, 0) is 38.3 Å². The van der Waals surface area contributed by atoms with E-state index in [1.165, 1.54) is 0 Å². The number of unbranched alkanes of at least 4 members (excludes halogenated alkanes) is 2. The van der Waals surface area contributed by atoms with Crippen molar-refractivity contribution in [2.75, 3.05) is 6.61 Å². The number of aliphatic hydroxyl groups is 1. The molecule has 1 nitrogen and oxygen atoms in total. The van der Waals surface area contributed by atoms with Gasteiger partial charge in [0.1, 0.15) is 0 Å². The van der Waals surface area contributed by atoms with Crippen LogP contribution in [-0.2, 0) is 0 Å². The van der Waals surface area contributed by atoms with Crippen molar-refractivity contribution in [1.29, 1.82) is 0 Å². The largest absolute Gasteiger partial charge is 0.396 e. The Morgan fingerprint density at radius 3 is 2.78 bits per heavy atom. The minimum Gasteiger partial charge on any atom is -0.396 e. The number of hydrogen-bond acceptors (Lipinski definition) is 1. The summed E-state index contributed by atoms with van der Waals surface area (Å²) in [5.74, 6) is 0. The summed E-state index contributed by atoms with van der Waals surface area (Å²) in [5, 5.41) is 8.38. The molecule has 0 saturated carbocycles. The number of allylic oxidation sites excluding steroid dienone is 1. The van der Waals surface area contributed by atoms with Gasteiger partial charge in [0.15, 0.2) is 0 Å². The average Bonchev–Trinajstić information content (AvgIpc) is 1.89. The lowest BCUT2D eigenvalue weighted by Gasteiger charge is -1.87. The van der Waals surface area contributed by atoms with E-state index in [0.717, 1.165) is 19.3 Å². The van der Waals surface area contributed by atoms with Gasteiger partial charge in [0.2, 0.25) is 0 Å². The lowest BCUT2D eigenvalue weighted by atomic mass is 10.2. The summed E-state index contributed by atoms with van der Waals surface area (Å²) in [6.07, 6.45) is 6.89. The van der Waals surface area contributed by atoms with Gasteiger partial charge >= 0.3 is 0 Å². The lowest BCUT2D eigenvalue weighted by Crippen LogP contribution is -1.79. The number of aliphatic hydroxyl groups excluding tert-OH is 1. The molecule has 0 heterocycles. The molecular formula is C8H14O. The van der Waals surface area contributed by atoms with Crippen molar-refractivity contribution in [3.63, 3.8) is 0 Å². The summed E-state index contributed by atoms with van der Waals surface area (Å²) in [6.45, 7) is 2.26. The van der Waals surface area contributed by atoms with Crippen LogP contribution in [0.1, 0.15) is 26.2 Å². The maximum atomic E-state index is 8.38. The van der Waals surface area contributed by atoms with E-state index in [1.54, 1.807) is 0 Å². The minimum atomic E-state index is 0.309. The molecule has 0 saturated heterocycles. The first-order valence-electron chi connectivity index (χ1n) is 3.38. The third kappa shape index (κ3) is 7.48. The average molecular weight is 126 g/mol. The highest BCUT2D eigenvalue weighted by Gasteiger charge is 1.79. The van der Waals surface area contributed by atoms with Gasteiger partial charge in [-0.2, -0.15) is 0 Å². The zero-order chi connectivity index (χ0) is 6.95. The molecule has 0 aromatic heterocycles. The molecule has 0 aliphatic heterocycles. The zero-order valence-corrected chi connectivity index (χ0v) is 5.93. The van der Waals surface area contributed by atoms with Crippen LogP contribution < -0.4 is 0 Å². The van der Waals surface area contributed by atoms with Crippen molar-refractivity contribution in [2.45, 2.75) is 26.2 Å². The highest BCUT2D eigenvalue weighted by atomic mass is 16.2. The Labute approximate surface area is 56.7 Å². The van der Waals surface area contributed by atoms with Gasteiger partial charge in [0.05, 0.1) is 0 Å². The molecule has 0 rings (SSSR count). The maximum Gasteiger partial charge on any atom is 0.0431 e. The SMILES string of the molecule is CC=C=CCCCCO. The smallest absolute Gasteiger partial charge is 0.0431 e. The monoisotopic (exact) mass is 126 g/mol. The summed E-state index contributed by atoms with van der Waals surface area (Å²) in [6, 6.07) is 0. The van der Waals surface area contributed by atoms with E-state index in [4.69, 9.17) is 5.11 Å². The van der Waals surface area contributed by atoms with Crippen LogP contribution in [0.25, 0.3) is 0 Å². The maximum absolute atomic E-state index is 8.38. The summed E-state index contributed by atoms with van der Waals surface area (Å²) < 4.78 is 0. The lowest BCUT2D eigenvalue weighted by molar-refractivity contribution is 0.285. The Morgan fingerprint density at radius 1 is 1.44 bits per heavy atom. The first kappa shape index (κ1) is 8.48. The Bertz CT molecular complexity index is 99.1. The van der Waals surface area contributed by atoms with Gasteiger partial charge in [-0.1, -0.05) is 0 Å². The molecule has 0 radical (unpaired) electrons. The van der Waals surface area contributed by atoms with Crippen LogP contribution >= 0.6 is 0 Å². The fourth-order valence-corrected chi connectivity index (χ4v) is 0.559. The number of hydrogen-bond donors (Lipinski definition) is 1. The fraction of sp³-hybridized carbons (Fsp3) is 0.625. The van der Waals surface area contributed by atoms with Crippen LogP contribution in [0.5, 0.6) is 0 Å². The molecule has 0 fully saturated rings. The van der Waals surface area contributed by atoms with E-state index < -0.39 is 0 Å². The van der Waals surface area contributed by atoms with E-state index in [9.17, 15) is 0 Å². The summed E-state index contributed by atoms with van der Waals surface area (Å²) >= 11 is 0. The third-order valence-electron chi connectivity index (χ3n) is 1.04. The second kappa shape index (κ2) is 7.48. The van der Waals surface area contributed by atoms with Gasteiger partial charge in [-0.25, -0.2) is 0 Å². The Hall–Kier alpha value is -0.520. The molecule has 0 aromatic carbocycles. The molecule has 9 heavy (non-hydrogen) atoms. The van der Waals surface area contributed by atoms with E-state index >= 15 is 0 Å². The van der Waals surface area contributed by atoms with Crippen molar-refractivity contribution in [3.8, 4) is 0 Å². The molecule has 52 valence electrons. The topological polar surface area (TPSA) is 20.2 Å². The molecule has 0 bridgehead atoms. The third-order valence-corrected chi connectivity index (χ3v) is 1.04. The van der Waals surface area contributed by atoms with Crippen molar-refractivity contribution < 1.29 is 5.11 Å². The second-order valence-electron chi connectivity index (χ2n) is 1.88. The Kier molecular flexibility index (Phi) is 7.05. The molecule has 0 aliphatic rings. The highest BCUT2D eigenvalue weighted by Crippen LogP contribution is 1.93. The normalized spacial score (nSPS) is 8.22. The van der Waals surface area contributed by atoms with Crippen molar-refractivity contribution >= 4 is 0 Å². The van der Waals surface area contributed by atoms with Gasteiger partial charge < -0.3 is 5.11 Å². The van der Waals surface area contributed by atoms with Crippen LogP contribution in [0.4, 0.5) is 0 Å².